The van der Waals surface area contributed by atoms with Gasteiger partial charge in [0.2, 0.25) is 0 Å². The van der Waals surface area contributed by atoms with Gasteiger partial charge in [0.15, 0.2) is 0 Å². The molecule has 0 aliphatic carbocycles. The number of rotatable bonds is 5. The number of aliphatic hydroxyl groups is 1. The van der Waals surface area contributed by atoms with Crippen LogP contribution in [0, 0.1) is 6.92 Å². The smallest absolute Gasteiger partial charge is 0.138 e. The summed E-state index contributed by atoms with van der Waals surface area (Å²) in [6.45, 7) is 3.51. The van der Waals surface area contributed by atoms with Crippen LogP contribution in [0.25, 0.3) is 21.3 Å². The molecule has 1 aliphatic heterocycles. The highest BCUT2D eigenvalue weighted by Gasteiger charge is 2.30. The van der Waals surface area contributed by atoms with Crippen LogP contribution in [0.15, 0.2) is 30.5 Å². The molecule has 1 aromatic carbocycles. The SMILES string of the molecule is CO[C@@H]1CNC[C@@H]1Oc1c(C)cc(Cl)cc1-c1ccnc2cc(CO)sc12. The first kappa shape index (κ1) is 18.7. The van der Waals surface area contributed by atoms with Gasteiger partial charge in [0, 0.05) is 47.4 Å². The number of hydrogen-bond acceptors (Lipinski definition) is 6. The van der Waals surface area contributed by atoms with Crippen LogP contribution in [0.3, 0.4) is 0 Å². The van der Waals surface area contributed by atoms with E-state index in [2.05, 4.69) is 10.3 Å². The number of benzene rings is 1. The third kappa shape index (κ3) is 3.56. The van der Waals surface area contributed by atoms with Crippen LogP contribution in [0.2, 0.25) is 5.02 Å². The summed E-state index contributed by atoms with van der Waals surface area (Å²) >= 11 is 7.92. The summed E-state index contributed by atoms with van der Waals surface area (Å²) in [7, 11) is 1.71. The molecule has 0 saturated carbocycles. The van der Waals surface area contributed by atoms with Crippen LogP contribution in [-0.4, -0.2) is 42.5 Å². The number of fused-ring (bicyclic) bond motifs is 1. The molecule has 0 bridgehead atoms. The van der Waals surface area contributed by atoms with Crippen molar-refractivity contribution in [2.24, 2.45) is 0 Å². The summed E-state index contributed by atoms with van der Waals surface area (Å²) in [5.41, 5.74) is 3.77. The number of aryl methyl sites for hydroxylation is 1. The highest BCUT2D eigenvalue weighted by atomic mass is 35.5. The number of halogens is 1. The average molecular weight is 405 g/mol. The van der Waals surface area contributed by atoms with E-state index in [1.807, 2.05) is 31.2 Å². The lowest BCUT2D eigenvalue weighted by Gasteiger charge is -2.23. The van der Waals surface area contributed by atoms with Gasteiger partial charge in [0.05, 0.1) is 16.8 Å². The van der Waals surface area contributed by atoms with Gasteiger partial charge >= 0.3 is 0 Å². The van der Waals surface area contributed by atoms with E-state index in [1.54, 1.807) is 13.3 Å². The number of pyridine rings is 1. The van der Waals surface area contributed by atoms with Gasteiger partial charge in [-0.15, -0.1) is 11.3 Å². The van der Waals surface area contributed by atoms with Crippen LogP contribution in [0.4, 0.5) is 0 Å². The number of hydrogen-bond donors (Lipinski definition) is 2. The van der Waals surface area contributed by atoms with Crippen molar-refractivity contribution in [1.29, 1.82) is 0 Å². The van der Waals surface area contributed by atoms with Crippen molar-refractivity contribution < 1.29 is 14.6 Å². The molecule has 0 unspecified atom stereocenters. The minimum atomic E-state index is -0.0673. The number of nitrogens with zero attached hydrogens (tertiary/aromatic N) is 1. The molecular weight excluding hydrogens is 384 g/mol. The van der Waals surface area contributed by atoms with Crippen molar-refractivity contribution in [3.8, 4) is 16.9 Å². The third-order valence-electron chi connectivity index (χ3n) is 4.83. The number of thiophene rings is 1. The normalized spacial score (nSPS) is 19.7. The van der Waals surface area contributed by atoms with E-state index in [9.17, 15) is 5.11 Å². The highest BCUT2D eigenvalue weighted by Crippen LogP contribution is 2.42. The molecule has 2 N–H and O–H groups in total. The molecule has 27 heavy (non-hydrogen) atoms. The Morgan fingerprint density at radius 3 is 2.85 bits per heavy atom. The second kappa shape index (κ2) is 7.73. The zero-order valence-electron chi connectivity index (χ0n) is 15.2. The highest BCUT2D eigenvalue weighted by molar-refractivity contribution is 7.19. The topological polar surface area (TPSA) is 63.6 Å². The van der Waals surface area contributed by atoms with Crippen molar-refractivity contribution in [3.05, 3.63) is 45.9 Å². The van der Waals surface area contributed by atoms with Crippen LogP contribution in [0.1, 0.15) is 10.4 Å². The fourth-order valence-electron chi connectivity index (χ4n) is 3.50. The van der Waals surface area contributed by atoms with E-state index in [1.165, 1.54) is 11.3 Å². The summed E-state index contributed by atoms with van der Waals surface area (Å²) in [6.07, 6.45) is 1.72. The van der Waals surface area contributed by atoms with Crippen LogP contribution >= 0.6 is 22.9 Å². The van der Waals surface area contributed by atoms with Crippen molar-refractivity contribution >= 4 is 33.2 Å². The zero-order chi connectivity index (χ0) is 19.0. The number of aromatic nitrogens is 1. The van der Waals surface area contributed by atoms with Gasteiger partial charge in [-0.05, 0) is 36.8 Å². The second-order valence-electron chi connectivity index (χ2n) is 6.63. The van der Waals surface area contributed by atoms with Gasteiger partial charge in [0.1, 0.15) is 18.0 Å². The minimum absolute atomic E-state index is 0.00165. The quantitative estimate of drug-likeness (QED) is 0.677. The van der Waals surface area contributed by atoms with E-state index in [-0.39, 0.29) is 18.8 Å². The molecule has 1 aliphatic rings. The van der Waals surface area contributed by atoms with E-state index < -0.39 is 0 Å². The first-order chi connectivity index (χ1) is 13.1. The van der Waals surface area contributed by atoms with E-state index in [0.717, 1.165) is 50.6 Å². The summed E-state index contributed by atoms with van der Waals surface area (Å²) in [5, 5.41) is 13.5. The minimum Gasteiger partial charge on any atom is -0.485 e. The largest absolute Gasteiger partial charge is 0.485 e. The van der Waals surface area contributed by atoms with Gasteiger partial charge < -0.3 is 19.9 Å². The molecule has 4 rings (SSSR count). The van der Waals surface area contributed by atoms with Crippen LogP contribution in [0.5, 0.6) is 5.75 Å². The predicted octanol–water partition coefficient (Wildman–Crippen LogP) is 3.78. The number of methoxy groups -OCH3 is 1. The molecule has 1 saturated heterocycles. The first-order valence-electron chi connectivity index (χ1n) is 8.79. The first-order valence-corrected chi connectivity index (χ1v) is 9.99. The molecule has 7 heteroatoms. The van der Waals surface area contributed by atoms with Crippen molar-refractivity contribution in [1.82, 2.24) is 10.3 Å². The van der Waals surface area contributed by atoms with E-state index >= 15 is 0 Å². The summed E-state index contributed by atoms with van der Waals surface area (Å²) < 4.78 is 13.0. The average Bonchev–Trinajstić information content (AvgIpc) is 3.29. The molecule has 5 nitrogen and oxygen atoms in total. The van der Waals surface area contributed by atoms with Crippen molar-refractivity contribution in [3.63, 3.8) is 0 Å². The lowest BCUT2D eigenvalue weighted by atomic mass is 10.0. The Kier molecular flexibility index (Phi) is 5.34. The van der Waals surface area contributed by atoms with E-state index in [0.29, 0.717) is 5.02 Å². The van der Waals surface area contributed by atoms with Gasteiger partial charge in [-0.2, -0.15) is 0 Å². The predicted molar refractivity (Wildman–Crippen MR) is 109 cm³/mol. The van der Waals surface area contributed by atoms with Crippen LogP contribution < -0.4 is 10.1 Å². The maximum Gasteiger partial charge on any atom is 0.138 e. The number of aliphatic hydroxyl groups excluding tert-OH is 1. The Bertz CT molecular complexity index is 975. The Morgan fingerprint density at radius 1 is 1.26 bits per heavy atom. The molecule has 0 spiro atoms. The summed E-state index contributed by atoms with van der Waals surface area (Å²) in [4.78, 5) is 5.31. The second-order valence-corrected chi connectivity index (χ2v) is 8.20. The molecule has 0 amide bonds. The van der Waals surface area contributed by atoms with Gasteiger partial charge in [-0.1, -0.05) is 11.6 Å². The lowest BCUT2D eigenvalue weighted by Crippen LogP contribution is -2.32. The Balaban J connectivity index is 1.84. The third-order valence-corrected chi connectivity index (χ3v) is 6.19. The summed E-state index contributed by atoms with van der Waals surface area (Å²) in [5.74, 6) is 0.807. The number of nitrogens with one attached hydrogen (secondary N) is 1. The fraction of sp³-hybridized carbons (Fsp3) is 0.350. The lowest BCUT2D eigenvalue weighted by molar-refractivity contribution is 0.0346. The molecule has 1 fully saturated rings. The van der Waals surface area contributed by atoms with Gasteiger partial charge in [0.25, 0.3) is 0 Å². The van der Waals surface area contributed by atoms with E-state index in [4.69, 9.17) is 21.1 Å². The summed E-state index contributed by atoms with van der Waals surface area (Å²) in [6, 6.07) is 7.74. The van der Waals surface area contributed by atoms with Crippen LogP contribution in [-0.2, 0) is 11.3 Å². The van der Waals surface area contributed by atoms with Crippen molar-refractivity contribution in [2.45, 2.75) is 25.7 Å². The van der Waals surface area contributed by atoms with Gasteiger partial charge in [-0.25, -0.2) is 0 Å². The maximum absolute atomic E-state index is 9.50. The Labute approximate surface area is 166 Å². The number of ether oxygens (including phenoxy) is 2. The molecular formula is C20H21ClN2O3S. The molecule has 2 atom stereocenters. The van der Waals surface area contributed by atoms with Crippen molar-refractivity contribution in [2.75, 3.05) is 20.2 Å². The molecule has 2 aromatic heterocycles. The fourth-order valence-corrected chi connectivity index (χ4v) is 4.77. The molecule has 142 valence electrons. The monoisotopic (exact) mass is 404 g/mol. The Morgan fingerprint density at radius 2 is 2.07 bits per heavy atom. The maximum atomic E-state index is 9.50. The molecule has 0 radical (unpaired) electrons. The molecule has 3 aromatic rings. The van der Waals surface area contributed by atoms with Gasteiger partial charge in [-0.3, -0.25) is 4.98 Å². The zero-order valence-corrected chi connectivity index (χ0v) is 16.7. The standard InChI is InChI=1S/C20H21ClN2O3S/c1-11-5-12(21)6-15(19(11)26-18-9-22-8-17(18)25-2)14-3-4-23-16-7-13(10-24)27-20(14)16/h3-7,17-18,22,24H,8-10H2,1-2H3/t17-,18+/m1/s1. The Hall–Kier alpha value is -1.70. The molecule has 3 heterocycles.